The molecule has 1 atom stereocenters. The molecule has 0 amide bonds. The van der Waals surface area contributed by atoms with Crippen LogP contribution in [0.1, 0.15) is 32.6 Å². The molecule has 20 heavy (non-hydrogen) atoms. The zero-order chi connectivity index (χ0) is 14.9. The molecule has 0 bridgehead atoms. The number of rotatable bonds is 3. The summed E-state index contributed by atoms with van der Waals surface area (Å²) in [5.41, 5.74) is 6.49. The smallest absolute Gasteiger partial charge is 0.133 e. The van der Waals surface area contributed by atoms with E-state index in [1.165, 1.54) is 27.8 Å². The number of aryl methyl sites for hydroxylation is 3. The van der Waals surface area contributed by atoms with E-state index in [1.54, 1.807) is 7.11 Å². The second-order valence-electron chi connectivity index (χ2n) is 5.07. The number of halogens is 2. The highest BCUT2D eigenvalue weighted by atomic mass is 79.9. The minimum absolute atomic E-state index is 0.185. The van der Waals surface area contributed by atoms with Crippen LogP contribution in [0.25, 0.3) is 0 Å². The summed E-state index contributed by atoms with van der Waals surface area (Å²) in [5, 5.41) is 0. The van der Waals surface area contributed by atoms with E-state index in [-0.39, 0.29) is 4.83 Å². The van der Waals surface area contributed by atoms with E-state index in [0.717, 1.165) is 10.2 Å². The average molecular weight is 398 g/mol. The highest BCUT2D eigenvalue weighted by Crippen LogP contribution is 2.38. The number of ether oxygens (including phenoxy) is 1. The van der Waals surface area contributed by atoms with Crippen molar-refractivity contribution in [1.82, 2.24) is 0 Å². The predicted octanol–water partition coefficient (Wildman–Crippen LogP) is 5.87. The maximum atomic E-state index is 5.29. The Balaban J connectivity index is 2.46. The first-order valence-electron chi connectivity index (χ1n) is 6.49. The van der Waals surface area contributed by atoms with Gasteiger partial charge in [0, 0.05) is 0 Å². The zero-order valence-corrected chi connectivity index (χ0v) is 15.3. The predicted molar refractivity (Wildman–Crippen MR) is 92.1 cm³/mol. The van der Waals surface area contributed by atoms with E-state index in [1.807, 2.05) is 6.07 Å². The van der Waals surface area contributed by atoms with Gasteiger partial charge in [0.1, 0.15) is 5.75 Å². The largest absolute Gasteiger partial charge is 0.496 e. The quantitative estimate of drug-likeness (QED) is 0.588. The molecule has 0 fully saturated rings. The summed E-state index contributed by atoms with van der Waals surface area (Å²) in [4.78, 5) is 0.185. The maximum Gasteiger partial charge on any atom is 0.133 e. The molecular formula is C17H18Br2O. The molecule has 0 spiro atoms. The molecule has 0 N–H and O–H groups in total. The van der Waals surface area contributed by atoms with Gasteiger partial charge in [-0.1, -0.05) is 39.7 Å². The van der Waals surface area contributed by atoms with Crippen LogP contribution in [0.15, 0.2) is 34.8 Å². The first-order valence-corrected chi connectivity index (χ1v) is 8.20. The summed E-state index contributed by atoms with van der Waals surface area (Å²) in [6, 6.07) is 10.7. The van der Waals surface area contributed by atoms with E-state index in [2.05, 4.69) is 76.9 Å². The highest BCUT2D eigenvalue weighted by molar-refractivity contribution is 9.10. The molecule has 2 aromatic rings. The summed E-state index contributed by atoms with van der Waals surface area (Å²) in [7, 11) is 1.68. The van der Waals surface area contributed by atoms with Crippen LogP contribution in [0.5, 0.6) is 5.75 Å². The van der Waals surface area contributed by atoms with Gasteiger partial charge < -0.3 is 4.74 Å². The van der Waals surface area contributed by atoms with Gasteiger partial charge in [0.05, 0.1) is 16.4 Å². The van der Waals surface area contributed by atoms with E-state index < -0.39 is 0 Å². The second-order valence-corrected chi connectivity index (χ2v) is 6.84. The first kappa shape index (κ1) is 15.6. The summed E-state index contributed by atoms with van der Waals surface area (Å²) in [6.45, 7) is 6.47. The lowest BCUT2D eigenvalue weighted by molar-refractivity contribution is 0.412. The Labute approximate surface area is 137 Å². The number of hydrogen-bond donors (Lipinski definition) is 0. The van der Waals surface area contributed by atoms with Gasteiger partial charge in [-0.25, -0.2) is 0 Å². The van der Waals surface area contributed by atoms with Crippen LogP contribution in [0.4, 0.5) is 0 Å². The normalized spacial score (nSPS) is 12.3. The fourth-order valence-electron chi connectivity index (χ4n) is 2.60. The van der Waals surface area contributed by atoms with Crippen LogP contribution < -0.4 is 4.74 Å². The lowest BCUT2D eigenvalue weighted by Gasteiger charge is -2.18. The molecule has 0 radical (unpaired) electrons. The highest BCUT2D eigenvalue weighted by Gasteiger charge is 2.16. The van der Waals surface area contributed by atoms with Crippen molar-refractivity contribution in [3.63, 3.8) is 0 Å². The van der Waals surface area contributed by atoms with E-state index in [0.29, 0.717) is 0 Å². The minimum atomic E-state index is 0.185. The Morgan fingerprint density at radius 3 is 2.10 bits per heavy atom. The third-order valence-electron chi connectivity index (χ3n) is 3.46. The topological polar surface area (TPSA) is 9.23 Å². The number of benzene rings is 2. The van der Waals surface area contributed by atoms with Gasteiger partial charge in [0.25, 0.3) is 0 Å². The molecule has 2 rings (SSSR count). The Kier molecular flexibility index (Phi) is 4.92. The first-order chi connectivity index (χ1) is 9.43. The van der Waals surface area contributed by atoms with Gasteiger partial charge in [-0.05, 0) is 71.1 Å². The molecule has 0 saturated carbocycles. The molecule has 0 aromatic heterocycles. The van der Waals surface area contributed by atoms with Gasteiger partial charge in [-0.15, -0.1) is 0 Å². The van der Waals surface area contributed by atoms with Crippen LogP contribution in [-0.2, 0) is 0 Å². The van der Waals surface area contributed by atoms with Gasteiger partial charge in [-0.3, -0.25) is 0 Å². The molecule has 0 heterocycles. The number of methoxy groups -OCH3 is 1. The summed E-state index contributed by atoms with van der Waals surface area (Å²) >= 11 is 7.39. The van der Waals surface area contributed by atoms with Crippen molar-refractivity contribution < 1.29 is 4.74 Å². The molecule has 0 aliphatic heterocycles. The molecular weight excluding hydrogens is 380 g/mol. The summed E-state index contributed by atoms with van der Waals surface area (Å²) in [5.74, 6) is 0.853. The van der Waals surface area contributed by atoms with Crippen molar-refractivity contribution in [1.29, 1.82) is 0 Å². The summed E-state index contributed by atoms with van der Waals surface area (Å²) in [6.07, 6.45) is 0. The fraction of sp³-hybridized carbons (Fsp3) is 0.294. The molecule has 0 aliphatic carbocycles. The van der Waals surface area contributed by atoms with E-state index >= 15 is 0 Å². The SMILES string of the molecule is COc1ccc(C(Br)c2c(C)cc(C)cc2C)cc1Br. The second kappa shape index (κ2) is 6.31. The number of hydrogen-bond acceptors (Lipinski definition) is 1. The van der Waals surface area contributed by atoms with Crippen LogP contribution in [-0.4, -0.2) is 7.11 Å². The van der Waals surface area contributed by atoms with Crippen molar-refractivity contribution in [2.75, 3.05) is 7.11 Å². The van der Waals surface area contributed by atoms with E-state index in [4.69, 9.17) is 4.74 Å². The molecule has 3 heteroatoms. The Morgan fingerprint density at radius 2 is 1.60 bits per heavy atom. The monoisotopic (exact) mass is 396 g/mol. The minimum Gasteiger partial charge on any atom is -0.496 e. The maximum absolute atomic E-state index is 5.29. The van der Waals surface area contributed by atoms with Crippen molar-refractivity contribution >= 4 is 31.9 Å². The molecule has 1 nitrogen and oxygen atoms in total. The van der Waals surface area contributed by atoms with Crippen molar-refractivity contribution in [2.24, 2.45) is 0 Å². The molecule has 2 aromatic carbocycles. The van der Waals surface area contributed by atoms with Gasteiger partial charge >= 0.3 is 0 Å². The van der Waals surface area contributed by atoms with Crippen LogP contribution in [0.3, 0.4) is 0 Å². The Morgan fingerprint density at radius 1 is 1.00 bits per heavy atom. The van der Waals surface area contributed by atoms with Crippen LogP contribution in [0, 0.1) is 20.8 Å². The molecule has 1 unspecified atom stereocenters. The molecule has 106 valence electrons. The van der Waals surface area contributed by atoms with Crippen molar-refractivity contribution in [3.8, 4) is 5.75 Å². The van der Waals surface area contributed by atoms with Gasteiger partial charge in [0.2, 0.25) is 0 Å². The zero-order valence-electron chi connectivity index (χ0n) is 12.1. The standard InChI is InChI=1S/C17H18Br2O/c1-10-7-11(2)16(12(3)8-10)17(19)13-5-6-15(20-4)14(18)9-13/h5-9,17H,1-4H3. The van der Waals surface area contributed by atoms with Gasteiger partial charge in [-0.2, -0.15) is 0 Å². The summed E-state index contributed by atoms with van der Waals surface area (Å²) < 4.78 is 6.26. The van der Waals surface area contributed by atoms with Gasteiger partial charge in [0.15, 0.2) is 0 Å². The van der Waals surface area contributed by atoms with Crippen molar-refractivity contribution in [2.45, 2.75) is 25.6 Å². The third kappa shape index (κ3) is 3.09. The fourth-order valence-corrected chi connectivity index (χ4v) is 4.16. The van der Waals surface area contributed by atoms with E-state index in [9.17, 15) is 0 Å². The van der Waals surface area contributed by atoms with Crippen LogP contribution in [0.2, 0.25) is 0 Å². The number of alkyl halides is 1. The Hall–Kier alpha value is -0.800. The Bertz CT molecular complexity index is 612. The lowest BCUT2D eigenvalue weighted by atomic mass is 9.94. The third-order valence-corrected chi connectivity index (χ3v) is 5.07. The molecule has 0 aliphatic rings. The lowest BCUT2D eigenvalue weighted by Crippen LogP contribution is -2.00. The van der Waals surface area contributed by atoms with Crippen molar-refractivity contribution in [3.05, 3.63) is 62.6 Å². The average Bonchev–Trinajstić information content (AvgIpc) is 2.37. The molecule has 0 saturated heterocycles. The van der Waals surface area contributed by atoms with Crippen LogP contribution >= 0.6 is 31.9 Å².